The molecule has 1 saturated heterocycles. The number of hydrogen-bond donors (Lipinski definition) is 1. The Morgan fingerprint density at radius 2 is 1.67 bits per heavy atom. The Morgan fingerprint density at radius 3 is 2.21 bits per heavy atom. The molecule has 0 saturated carbocycles. The van der Waals surface area contributed by atoms with Crippen LogP contribution in [0.25, 0.3) is 0 Å². The molecular weight excluding hydrogens is 365 g/mol. The molecule has 0 aliphatic carbocycles. The van der Waals surface area contributed by atoms with Gasteiger partial charge in [-0.15, -0.1) is 37.2 Å². The van der Waals surface area contributed by atoms with Gasteiger partial charge in [-0.25, -0.2) is 0 Å². The van der Waals surface area contributed by atoms with Crippen molar-refractivity contribution in [2.45, 2.75) is 46.2 Å². The Morgan fingerprint density at radius 1 is 1.04 bits per heavy atom. The topological polar surface area (TPSA) is 18.5 Å². The van der Waals surface area contributed by atoms with E-state index in [1.165, 1.54) is 37.2 Å². The number of likely N-dealkylation sites (N-methyl/N-ethyl adjacent to an activating group) is 1. The highest BCUT2D eigenvalue weighted by Gasteiger charge is 2.21. The van der Waals surface area contributed by atoms with Gasteiger partial charge in [0.1, 0.15) is 0 Å². The Balaban J connectivity index is 0. The lowest BCUT2D eigenvalue weighted by molar-refractivity contribution is 0.260. The summed E-state index contributed by atoms with van der Waals surface area (Å²) in [4.78, 5) is 4.98. The van der Waals surface area contributed by atoms with E-state index in [0.717, 1.165) is 32.2 Å². The van der Waals surface area contributed by atoms with E-state index in [2.05, 4.69) is 60.2 Å². The predicted molar refractivity (Wildman–Crippen MR) is 114 cm³/mol. The summed E-state index contributed by atoms with van der Waals surface area (Å²) >= 11 is 0. The van der Waals surface area contributed by atoms with E-state index < -0.39 is 0 Å². The third-order valence-electron chi connectivity index (χ3n) is 4.68. The van der Waals surface area contributed by atoms with Gasteiger partial charge >= 0.3 is 0 Å². The van der Waals surface area contributed by atoms with Gasteiger partial charge < -0.3 is 10.2 Å². The van der Waals surface area contributed by atoms with Crippen LogP contribution in [0.4, 0.5) is 5.69 Å². The molecule has 24 heavy (non-hydrogen) atoms. The van der Waals surface area contributed by atoms with E-state index in [1.807, 2.05) is 0 Å². The molecule has 1 heterocycles. The average molecular weight is 399 g/mol. The standard InChI is InChI=1S/C18H31N3.3ClH/c1-4-20(5-2)17-11-9-16(10-12-17)14-19-15-18-8-7-13-21(18)6-3;;;/h9-12,18-19H,4-8,13-15H2,1-3H3;3*1H. The second-order valence-electron chi connectivity index (χ2n) is 5.89. The average Bonchev–Trinajstić information content (AvgIpc) is 2.97. The fourth-order valence-corrected chi connectivity index (χ4v) is 3.34. The Labute approximate surface area is 166 Å². The number of anilines is 1. The highest BCUT2D eigenvalue weighted by molar-refractivity contribution is 5.86. The third-order valence-corrected chi connectivity index (χ3v) is 4.68. The number of nitrogens with zero attached hydrogens (tertiary/aromatic N) is 2. The van der Waals surface area contributed by atoms with Gasteiger partial charge in [-0.1, -0.05) is 19.1 Å². The van der Waals surface area contributed by atoms with E-state index in [4.69, 9.17) is 0 Å². The largest absolute Gasteiger partial charge is 0.372 e. The SMILES string of the molecule is CCN(CC)c1ccc(CNCC2CCCN2CC)cc1.Cl.Cl.Cl. The molecule has 1 unspecified atom stereocenters. The second-order valence-corrected chi connectivity index (χ2v) is 5.89. The molecule has 0 radical (unpaired) electrons. The molecule has 1 N–H and O–H groups in total. The van der Waals surface area contributed by atoms with E-state index in [9.17, 15) is 0 Å². The van der Waals surface area contributed by atoms with Crippen molar-refractivity contribution >= 4 is 42.9 Å². The molecule has 0 spiro atoms. The number of benzene rings is 1. The lowest BCUT2D eigenvalue weighted by Gasteiger charge is -2.23. The molecule has 0 amide bonds. The molecule has 0 aromatic heterocycles. The molecule has 1 aliphatic rings. The molecule has 6 heteroatoms. The predicted octanol–water partition coefficient (Wildman–Crippen LogP) is 4.37. The van der Waals surface area contributed by atoms with Crippen molar-refractivity contribution in [1.29, 1.82) is 0 Å². The fraction of sp³-hybridized carbons (Fsp3) is 0.667. The van der Waals surface area contributed by atoms with Crippen molar-refractivity contribution < 1.29 is 0 Å². The molecule has 1 aromatic rings. The smallest absolute Gasteiger partial charge is 0.0366 e. The molecule has 1 fully saturated rings. The molecule has 2 rings (SSSR count). The maximum absolute atomic E-state index is 3.63. The quantitative estimate of drug-likeness (QED) is 0.701. The van der Waals surface area contributed by atoms with E-state index in [1.54, 1.807) is 0 Å². The summed E-state index contributed by atoms with van der Waals surface area (Å²) in [7, 11) is 0. The first kappa shape index (κ1) is 26.0. The minimum atomic E-state index is 0. The summed E-state index contributed by atoms with van der Waals surface area (Å²) in [5.41, 5.74) is 2.71. The molecule has 3 nitrogen and oxygen atoms in total. The van der Waals surface area contributed by atoms with Gasteiger partial charge in [-0.3, -0.25) is 4.90 Å². The van der Waals surface area contributed by atoms with Crippen LogP contribution >= 0.6 is 37.2 Å². The van der Waals surface area contributed by atoms with Crippen LogP contribution in [0.2, 0.25) is 0 Å². The summed E-state index contributed by atoms with van der Waals surface area (Å²) in [6, 6.07) is 9.75. The Hall–Kier alpha value is -0.190. The zero-order chi connectivity index (χ0) is 15.1. The second kappa shape index (κ2) is 14.0. The third kappa shape index (κ3) is 7.37. The monoisotopic (exact) mass is 397 g/mol. The van der Waals surface area contributed by atoms with E-state index in [0.29, 0.717) is 0 Å². The molecular formula is C18H34Cl3N3. The highest BCUT2D eigenvalue weighted by Crippen LogP contribution is 2.17. The van der Waals surface area contributed by atoms with Gasteiger partial charge in [0, 0.05) is 37.9 Å². The van der Waals surface area contributed by atoms with Crippen LogP contribution in [-0.2, 0) is 6.54 Å². The van der Waals surface area contributed by atoms with Gasteiger partial charge in [0.25, 0.3) is 0 Å². The molecule has 0 bridgehead atoms. The van der Waals surface area contributed by atoms with Gasteiger partial charge in [0.15, 0.2) is 0 Å². The van der Waals surface area contributed by atoms with Gasteiger partial charge in [-0.2, -0.15) is 0 Å². The lowest BCUT2D eigenvalue weighted by Crippen LogP contribution is -2.37. The van der Waals surface area contributed by atoms with Crippen LogP contribution in [0.5, 0.6) is 0 Å². The number of likely N-dealkylation sites (tertiary alicyclic amines) is 1. The van der Waals surface area contributed by atoms with Crippen LogP contribution in [0.3, 0.4) is 0 Å². The minimum Gasteiger partial charge on any atom is -0.372 e. The van der Waals surface area contributed by atoms with Gasteiger partial charge in [-0.05, 0) is 57.5 Å². The fourth-order valence-electron chi connectivity index (χ4n) is 3.34. The first-order valence-electron chi connectivity index (χ1n) is 8.57. The van der Waals surface area contributed by atoms with Crippen LogP contribution in [0.15, 0.2) is 24.3 Å². The van der Waals surface area contributed by atoms with Crippen molar-refractivity contribution in [3.8, 4) is 0 Å². The van der Waals surface area contributed by atoms with Crippen molar-refractivity contribution in [3.63, 3.8) is 0 Å². The number of nitrogens with one attached hydrogen (secondary N) is 1. The number of rotatable bonds is 8. The van der Waals surface area contributed by atoms with Crippen molar-refractivity contribution in [3.05, 3.63) is 29.8 Å². The first-order chi connectivity index (χ1) is 10.3. The van der Waals surface area contributed by atoms with Crippen LogP contribution in [0.1, 0.15) is 39.2 Å². The Kier molecular flexibility index (Phi) is 15.2. The first-order valence-corrected chi connectivity index (χ1v) is 8.57. The Bertz CT molecular complexity index is 410. The lowest BCUT2D eigenvalue weighted by atomic mass is 10.1. The zero-order valence-corrected chi connectivity index (χ0v) is 17.6. The van der Waals surface area contributed by atoms with E-state index in [-0.39, 0.29) is 37.2 Å². The number of halogens is 3. The molecule has 1 atom stereocenters. The van der Waals surface area contributed by atoms with Crippen molar-refractivity contribution in [2.75, 3.05) is 37.6 Å². The van der Waals surface area contributed by atoms with Crippen LogP contribution < -0.4 is 10.2 Å². The normalized spacial score (nSPS) is 16.7. The van der Waals surface area contributed by atoms with Crippen LogP contribution in [-0.4, -0.2) is 43.7 Å². The van der Waals surface area contributed by atoms with Crippen LogP contribution in [0, 0.1) is 0 Å². The van der Waals surface area contributed by atoms with Crippen molar-refractivity contribution in [2.24, 2.45) is 0 Å². The summed E-state index contributed by atoms with van der Waals surface area (Å²) in [6.07, 6.45) is 2.71. The molecule has 1 aromatic carbocycles. The maximum Gasteiger partial charge on any atom is 0.0366 e. The zero-order valence-electron chi connectivity index (χ0n) is 15.2. The van der Waals surface area contributed by atoms with E-state index >= 15 is 0 Å². The molecule has 142 valence electrons. The summed E-state index contributed by atoms with van der Waals surface area (Å²) in [5.74, 6) is 0. The minimum absolute atomic E-state index is 0. The number of hydrogen-bond acceptors (Lipinski definition) is 3. The van der Waals surface area contributed by atoms with Gasteiger partial charge in [0.2, 0.25) is 0 Å². The molecule has 1 aliphatic heterocycles. The summed E-state index contributed by atoms with van der Waals surface area (Å²) in [5, 5.41) is 3.63. The maximum atomic E-state index is 3.63. The van der Waals surface area contributed by atoms with Gasteiger partial charge in [0.05, 0.1) is 0 Å². The summed E-state index contributed by atoms with van der Waals surface area (Å²) in [6.45, 7) is 13.4. The van der Waals surface area contributed by atoms with Crippen molar-refractivity contribution in [1.82, 2.24) is 10.2 Å². The highest BCUT2D eigenvalue weighted by atomic mass is 35.5. The summed E-state index contributed by atoms with van der Waals surface area (Å²) < 4.78 is 0.